The van der Waals surface area contributed by atoms with E-state index in [2.05, 4.69) is 23.4 Å². The summed E-state index contributed by atoms with van der Waals surface area (Å²) in [7, 11) is 0. The average Bonchev–Trinajstić information content (AvgIpc) is 2.50. The van der Waals surface area contributed by atoms with E-state index in [1.54, 1.807) is 6.33 Å². The van der Waals surface area contributed by atoms with E-state index in [9.17, 15) is 0 Å². The molecule has 1 heterocycles. The van der Waals surface area contributed by atoms with Gasteiger partial charge in [0.25, 0.3) is 0 Å². The Hall–Kier alpha value is -0.860. The minimum atomic E-state index is 1.01. The Morgan fingerprint density at radius 3 is 2.91 bits per heavy atom. The second-order valence-electron chi connectivity index (χ2n) is 2.68. The van der Waals surface area contributed by atoms with Gasteiger partial charge in [0, 0.05) is 6.54 Å². The lowest BCUT2D eigenvalue weighted by Gasteiger charge is -1.98. The minimum absolute atomic E-state index is 1.01. The first-order valence-corrected chi connectivity index (χ1v) is 4.19. The molecule has 0 N–H and O–H groups in total. The van der Waals surface area contributed by atoms with Crippen LogP contribution in [0.5, 0.6) is 0 Å². The van der Waals surface area contributed by atoms with Crippen molar-refractivity contribution in [2.75, 3.05) is 0 Å². The van der Waals surface area contributed by atoms with E-state index in [4.69, 9.17) is 0 Å². The first-order chi connectivity index (χ1) is 5.43. The Labute approximate surface area is 67.4 Å². The molecule has 1 aromatic heterocycles. The summed E-state index contributed by atoms with van der Waals surface area (Å²) in [5.41, 5.74) is 0. The Morgan fingerprint density at radius 2 is 2.27 bits per heavy atom. The van der Waals surface area contributed by atoms with E-state index in [1.807, 2.05) is 4.57 Å². The fourth-order valence-corrected chi connectivity index (χ4v) is 1.01. The molecule has 11 heavy (non-hydrogen) atoms. The molecule has 0 amide bonds. The molecule has 1 rings (SSSR count). The van der Waals surface area contributed by atoms with Crippen LogP contribution < -0.4 is 0 Å². The predicted molar refractivity (Wildman–Crippen MR) is 43.0 cm³/mol. The summed E-state index contributed by atoms with van der Waals surface area (Å²) in [5.74, 6) is 0. The zero-order chi connectivity index (χ0) is 7.94. The number of aromatic nitrogens is 3. The van der Waals surface area contributed by atoms with Gasteiger partial charge in [0.15, 0.2) is 0 Å². The van der Waals surface area contributed by atoms with Crippen LogP contribution in [0.25, 0.3) is 0 Å². The topological polar surface area (TPSA) is 30.7 Å². The lowest BCUT2D eigenvalue weighted by molar-refractivity contribution is 0.579. The molecule has 0 saturated heterocycles. The molecule has 0 unspecified atom stereocenters. The highest BCUT2D eigenvalue weighted by Gasteiger charge is 1.90. The van der Waals surface area contributed by atoms with Crippen LogP contribution in [0, 0.1) is 6.33 Å². The van der Waals surface area contributed by atoms with Crippen LogP contribution >= 0.6 is 0 Å². The molecule has 3 nitrogen and oxygen atoms in total. The number of unbranched alkanes of at least 4 members (excludes halogenated alkanes) is 3. The highest BCUT2D eigenvalue weighted by molar-refractivity contribution is 4.57. The van der Waals surface area contributed by atoms with Gasteiger partial charge in [0.1, 0.15) is 6.33 Å². The molecule has 0 aliphatic rings. The Morgan fingerprint density at radius 1 is 1.36 bits per heavy atom. The molecule has 0 spiro atoms. The molecule has 0 saturated carbocycles. The van der Waals surface area contributed by atoms with Crippen LogP contribution in [-0.2, 0) is 6.54 Å². The fourth-order valence-electron chi connectivity index (χ4n) is 1.01. The largest absolute Gasteiger partial charge is 0.311 e. The molecular formula is C8H14N3. The second-order valence-corrected chi connectivity index (χ2v) is 2.68. The van der Waals surface area contributed by atoms with E-state index in [0.717, 1.165) is 6.54 Å². The predicted octanol–water partition coefficient (Wildman–Crippen LogP) is 1.66. The molecule has 0 bridgehead atoms. The van der Waals surface area contributed by atoms with Gasteiger partial charge < -0.3 is 4.57 Å². The van der Waals surface area contributed by atoms with Crippen molar-refractivity contribution in [1.29, 1.82) is 0 Å². The van der Waals surface area contributed by atoms with Gasteiger partial charge in [-0.15, -0.1) is 10.2 Å². The summed E-state index contributed by atoms with van der Waals surface area (Å²) >= 11 is 0. The SMILES string of the molecule is CCCCCCn1[c]nnc1. The number of aryl methyl sites for hydroxylation is 1. The smallest absolute Gasteiger partial charge is 0.201 e. The van der Waals surface area contributed by atoms with Crippen molar-refractivity contribution in [2.24, 2.45) is 0 Å². The summed E-state index contributed by atoms with van der Waals surface area (Å²) in [4.78, 5) is 0. The van der Waals surface area contributed by atoms with Gasteiger partial charge in [-0.25, -0.2) is 0 Å². The van der Waals surface area contributed by atoms with Gasteiger partial charge in [-0.3, -0.25) is 0 Å². The monoisotopic (exact) mass is 152 g/mol. The number of hydrogen-bond acceptors (Lipinski definition) is 2. The van der Waals surface area contributed by atoms with Crippen LogP contribution in [0.15, 0.2) is 6.33 Å². The first-order valence-electron chi connectivity index (χ1n) is 4.19. The number of nitrogens with zero attached hydrogens (tertiary/aromatic N) is 3. The highest BCUT2D eigenvalue weighted by Crippen LogP contribution is 2.00. The Kier molecular flexibility index (Phi) is 3.65. The Balaban J connectivity index is 2.04. The quantitative estimate of drug-likeness (QED) is 0.601. The summed E-state index contributed by atoms with van der Waals surface area (Å²) in [6.07, 6.45) is 9.59. The van der Waals surface area contributed by atoms with Crippen LogP contribution in [0.4, 0.5) is 0 Å². The average molecular weight is 152 g/mol. The van der Waals surface area contributed by atoms with Crippen molar-refractivity contribution in [1.82, 2.24) is 14.8 Å². The minimum Gasteiger partial charge on any atom is -0.311 e. The zero-order valence-corrected chi connectivity index (χ0v) is 6.95. The maximum absolute atomic E-state index is 3.68. The van der Waals surface area contributed by atoms with E-state index >= 15 is 0 Å². The summed E-state index contributed by atoms with van der Waals surface area (Å²) < 4.78 is 1.90. The standard InChI is InChI=1S/C8H14N3/c1-2-3-4-5-6-11-7-9-10-8-11/h7H,2-6H2,1H3. The maximum atomic E-state index is 3.68. The van der Waals surface area contributed by atoms with Crippen molar-refractivity contribution in [3.05, 3.63) is 12.7 Å². The van der Waals surface area contributed by atoms with E-state index in [1.165, 1.54) is 25.7 Å². The molecular weight excluding hydrogens is 138 g/mol. The highest BCUT2D eigenvalue weighted by atomic mass is 15.2. The zero-order valence-electron chi connectivity index (χ0n) is 6.95. The van der Waals surface area contributed by atoms with Gasteiger partial charge in [-0.05, 0) is 6.42 Å². The maximum Gasteiger partial charge on any atom is 0.201 e. The van der Waals surface area contributed by atoms with Gasteiger partial charge in [-0.1, -0.05) is 26.2 Å². The summed E-state index contributed by atoms with van der Waals surface area (Å²) in [6.45, 7) is 3.22. The van der Waals surface area contributed by atoms with Gasteiger partial charge in [0.05, 0.1) is 0 Å². The first kappa shape index (κ1) is 8.24. The summed E-state index contributed by atoms with van der Waals surface area (Å²) in [5, 5.41) is 7.29. The van der Waals surface area contributed by atoms with Crippen LogP contribution in [0.3, 0.4) is 0 Å². The molecule has 0 atom stereocenters. The third-order valence-electron chi connectivity index (χ3n) is 1.67. The molecule has 1 radical (unpaired) electrons. The van der Waals surface area contributed by atoms with Crippen LogP contribution in [0.1, 0.15) is 32.6 Å². The van der Waals surface area contributed by atoms with Crippen molar-refractivity contribution in [2.45, 2.75) is 39.2 Å². The third-order valence-corrected chi connectivity index (χ3v) is 1.67. The molecule has 3 heteroatoms. The van der Waals surface area contributed by atoms with Crippen molar-refractivity contribution in [3.63, 3.8) is 0 Å². The van der Waals surface area contributed by atoms with E-state index in [-0.39, 0.29) is 0 Å². The lowest BCUT2D eigenvalue weighted by Crippen LogP contribution is -1.94. The number of hydrogen-bond donors (Lipinski definition) is 0. The molecule has 0 fully saturated rings. The van der Waals surface area contributed by atoms with Gasteiger partial charge in [0.2, 0.25) is 6.33 Å². The van der Waals surface area contributed by atoms with Crippen LogP contribution in [0.2, 0.25) is 0 Å². The molecule has 1 aromatic rings. The molecule has 0 aromatic carbocycles. The van der Waals surface area contributed by atoms with Gasteiger partial charge in [-0.2, -0.15) is 0 Å². The van der Waals surface area contributed by atoms with Gasteiger partial charge >= 0.3 is 0 Å². The number of rotatable bonds is 5. The molecule has 0 aliphatic heterocycles. The lowest BCUT2D eigenvalue weighted by atomic mass is 10.2. The van der Waals surface area contributed by atoms with Crippen molar-refractivity contribution >= 4 is 0 Å². The second kappa shape index (κ2) is 4.88. The van der Waals surface area contributed by atoms with E-state index in [0.29, 0.717) is 0 Å². The summed E-state index contributed by atoms with van der Waals surface area (Å²) in [6, 6.07) is 0. The van der Waals surface area contributed by atoms with E-state index < -0.39 is 0 Å². The van der Waals surface area contributed by atoms with Crippen LogP contribution in [-0.4, -0.2) is 14.8 Å². The molecule has 0 aliphatic carbocycles. The normalized spacial score (nSPS) is 10.3. The fraction of sp³-hybridized carbons (Fsp3) is 0.750. The third kappa shape index (κ3) is 3.16. The Bertz CT molecular complexity index is 169. The molecule has 61 valence electrons. The van der Waals surface area contributed by atoms with Crippen molar-refractivity contribution in [3.8, 4) is 0 Å². The van der Waals surface area contributed by atoms with Crippen molar-refractivity contribution < 1.29 is 0 Å².